The van der Waals surface area contributed by atoms with Gasteiger partial charge in [-0.1, -0.05) is 103 Å². The first kappa shape index (κ1) is 54.5. The van der Waals surface area contributed by atoms with Crippen LogP contribution in [0.4, 0.5) is 22.7 Å². The summed E-state index contributed by atoms with van der Waals surface area (Å²) in [6.07, 6.45) is 7.68. The third kappa shape index (κ3) is 9.30. The average molecular weight is 1190 g/mol. The second-order valence-electron chi connectivity index (χ2n) is 22.5. The Morgan fingerprint density at radius 2 is 0.844 bits per heavy atom. The summed E-state index contributed by atoms with van der Waals surface area (Å²) >= 11 is 0. The summed E-state index contributed by atoms with van der Waals surface area (Å²) in [5.74, 6) is -6.69. The van der Waals surface area contributed by atoms with Crippen molar-refractivity contribution in [3.05, 3.63) is 248 Å². The Bertz CT molecular complexity index is 4900. The van der Waals surface area contributed by atoms with Crippen LogP contribution in [0.1, 0.15) is 52.2 Å². The predicted octanol–water partition coefficient (Wildman–Crippen LogP) is 14.1. The van der Waals surface area contributed by atoms with Crippen molar-refractivity contribution in [3.8, 4) is 56.1 Å². The largest absolute Gasteiger partial charge is 0.439 e. The van der Waals surface area contributed by atoms with E-state index in [1.165, 1.54) is 48.5 Å². The number of nitrogens with zero attached hydrogens (tertiary/aromatic N) is 8. The Labute approximate surface area is 511 Å². The van der Waals surface area contributed by atoms with Gasteiger partial charge in [0.1, 0.15) is 11.6 Å². The molecule has 4 amide bonds. The van der Waals surface area contributed by atoms with Gasteiger partial charge in [0, 0.05) is 86.5 Å². The van der Waals surface area contributed by atoms with Crippen LogP contribution in [-0.2, 0) is 25.6 Å². The van der Waals surface area contributed by atoms with E-state index in [-0.39, 0.29) is 53.0 Å². The maximum Gasteiger partial charge on any atom is 0.269 e. The molecule has 2 saturated heterocycles. The zero-order valence-electron chi connectivity index (χ0n) is 47.7. The number of aromatic amines is 2. The molecule has 8 bridgehead atoms. The van der Waals surface area contributed by atoms with E-state index in [4.69, 9.17) is 24.7 Å². The molecule has 8 heterocycles. The van der Waals surface area contributed by atoms with Crippen molar-refractivity contribution in [2.24, 2.45) is 17.8 Å². The molecule has 4 atom stereocenters. The summed E-state index contributed by atoms with van der Waals surface area (Å²) in [7, 11) is 0. The van der Waals surface area contributed by atoms with Crippen molar-refractivity contribution in [1.29, 1.82) is 0 Å². The monoisotopic (exact) mass is 1180 g/mol. The number of carbonyl (C=O) groups is 4. The molecular formula is C71H48N10O9. The highest BCUT2D eigenvalue weighted by molar-refractivity contribution is 6.24. The number of anilines is 2. The van der Waals surface area contributed by atoms with Gasteiger partial charge in [-0.15, -0.1) is 0 Å². The van der Waals surface area contributed by atoms with E-state index in [0.717, 1.165) is 93.5 Å². The Hall–Kier alpha value is -12.1. The maximum atomic E-state index is 14.9. The van der Waals surface area contributed by atoms with Crippen LogP contribution in [0.3, 0.4) is 0 Å². The third-order valence-electron chi connectivity index (χ3n) is 17.3. The number of benzene rings is 6. The van der Waals surface area contributed by atoms with Crippen LogP contribution in [0.25, 0.3) is 90.9 Å². The second kappa shape index (κ2) is 21.7. The molecule has 2 N–H and O–H groups in total. The van der Waals surface area contributed by atoms with E-state index in [1.54, 1.807) is 19.1 Å². The first-order valence-electron chi connectivity index (χ1n) is 29.0. The third-order valence-corrected chi connectivity index (χ3v) is 17.3. The lowest BCUT2D eigenvalue weighted by atomic mass is 9.66. The number of non-ortho nitro benzene ring substituents is 2. The van der Waals surface area contributed by atoms with E-state index in [2.05, 4.69) is 76.7 Å². The van der Waals surface area contributed by atoms with E-state index in [9.17, 15) is 39.4 Å². The number of hydrogen-bond acceptors (Lipinski definition) is 13. The standard InChI is InChI=1S/C71H48N10O9/c1-39-72-67-51(37-49-66(71(85)79(70(49)84)45-21-25-47(26-22-45)81(88)89)65(67)50-38-60(82)78(69(50)83)44-19-23-46(24-20-44)80(86)87)68(73-39)90-48-27-17-43(18-28-48)64-58-35-33-56(76-58)62(41-13-7-3-8-14-41)54-31-29-52(74-54)61(40-11-5-2-6-12-40)53-30-32-55(75-53)63(42-15-9-4-10-16-42)57-34-36-59(64)77-57/h2-36,49-50,65-66,74,77H,37-38H2,1H3/t49-,50-,65+,66-/m1/s1. The minimum absolute atomic E-state index is 0.0682. The molecule has 0 unspecified atom stereocenters. The van der Waals surface area contributed by atoms with Crippen molar-refractivity contribution in [3.63, 3.8) is 0 Å². The number of imide groups is 2. The number of carbonyl (C=O) groups excluding carboxylic acids is 4. The lowest BCUT2D eigenvalue weighted by molar-refractivity contribution is -0.385. The number of fused-ring (bicyclic) bond motifs is 10. The predicted molar refractivity (Wildman–Crippen MR) is 340 cm³/mol. The number of aromatic nitrogens is 6. The smallest absolute Gasteiger partial charge is 0.269 e. The van der Waals surface area contributed by atoms with Crippen molar-refractivity contribution in [2.75, 3.05) is 9.80 Å². The summed E-state index contributed by atoms with van der Waals surface area (Å²) in [6.45, 7) is 1.64. The molecule has 1 aliphatic carbocycles. The van der Waals surface area contributed by atoms with Crippen molar-refractivity contribution >= 4 is 92.7 Å². The van der Waals surface area contributed by atoms with E-state index in [1.807, 2.05) is 84.9 Å². The zero-order valence-corrected chi connectivity index (χ0v) is 47.7. The van der Waals surface area contributed by atoms with Gasteiger partial charge in [-0.05, 0) is 121 Å². The van der Waals surface area contributed by atoms with Gasteiger partial charge in [0.25, 0.3) is 11.4 Å². The number of rotatable bonds is 11. The van der Waals surface area contributed by atoms with Crippen LogP contribution >= 0.6 is 0 Å². The zero-order chi connectivity index (χ0) is 61.5. The maximum absolute atomic E-state index is 14.9. The van der Waals surface area contributed by atoms with Crippen molar-refractivity contribution < 1.29 is 33.8 Å². The molecule has 436 valence electrons. The molecule has 4 aromatic heterocycles. The second-order valence-corrected chi connectivity index (χ2v) is 22.5. The number of ether oxygens (including phenoxy) is 1. The number of amides is 4. The molecule has 19 heteroatoms. The number of nitro groups is 2. The highest BCUT2D eigenvalue weighted by Crippen LogP contribution is 2.53. The Kier molecular flexibility index (Phi) is 13.1. The molecule has 0 spiro atoms. The number of H-pyrrole nitrogens is 2. The number of aryl methyl sites for hydroxylation is 1. The van der Waals surface area contributed by atoms with E-state index >= 15 is 0 Å². The molecular weight excluding hydrogens is 1140 g/mol. The minimum Gasteiger partial charge on any atom is -0.439 e. The van der Waals surface area contributed by atoms with Gasteiger partial charge >= 0.3 is 0 Å². The summed E-state index contributed by atoms with van der Waals surface area (Å²) in [4.78, 5) is 111. The van der Waals surface area contributed by atoms with Crippen LogP contribution in [0.15, 0.2) is 188 Å². The molecule has 0 saturated carbocycles. The van der Waals surface area contributed by atoms with E-state index in [0.29, 0.717) is 17.0 Å². The minimum atomic E-state index is -1.23. The Morgan fingerprint density at radius 3 is 1.28 bits per heavy atom. The fourth-order valence-corrected chi connectivity index (χ4v) is 13.3. The van der Waals surface area contributed by atoms with Crippen LogP contribution in [0, 0.1) is 44.9 Å². The van der Waals surface area contributed by atoms with Crippen molar-refractivity contribution in [2.45, 2.75) is 25.7 Å². The van der Waals surface area contributed by atoms with Gasteiger partial charge in [0.05, 0.1) is 67.4 Å². The fraction of sp³-hybridized carbons (Fsp3) is 0.0986. The molecule has 0 radical (unpaired) electrons. The van der Waals surface area contributed by atoms with Crippen LogP contribution < -0.4 is 14.5 Å². The Balaban J connectivity index is 0.863. The molecule has 4 aliphatic heterocycles. The summed E-state index contributed by atoms with van der Waals surface area (Å²) in [5.41, 5.74) is 13.8. The topological polar surface area (TPSA) is 253 Å². The quantitative estimate of drug-likeness (QED) is 0.0695. The van der Waals surface area contributed by atoms with Gasteiger partial charge in [0.15, 0.2) is 0 Å². The summed E-state index contributed by atoms with van der Waals surface area (Å²) in [5, 5.41) is 23.2. The normalized spacial score (nSPS) is 17.4. The highest BCUT2D eigenvalue weighted by atomic mass is 16.6. The number of nitrogens with one attached hydrogen (secondary N) is 2. The average Bonchev–Trinajstić information content (AvgIpc) is 1.53. The van der Waals surface area contributed by atoms with Gasteiger partial charge in [-0.25, -0.2) is 15.0 Å². The first-order chi connectivity index (χ1) is 43.8. The van der Waals surface area contributed by atoms with Crippen molar-refractivity contribution in [1.82, 2.24) is 29.9 Å². The van der Waals surface area contributed by atoms with Gasteiger partial charge in [0.2, 0.25) is 29.5 Å². The molecule has 19 nitrogen and oxygen atoms in total. The summed E-state index contributed by atoms with van der Waals surface area (Å²) < 4.78 is 6.75. The highest BCUT2D eigenvalue weighted by Gasteiger charge is 2.60. The van der Waals surface area contributed by atoms with Gasteiger partial charge < -0.3 is 14.7 Å². The summed E-state index contributed by atoms with van der Waals surface area (Å²) in [6, 6.07) is 56.2. The first-order valence-corrected chi connectivity index (χ1v) is 29.0. The van der Waals surface area contributed by atoms with Crippen LogP contribution in [-0.4, -0.2) is 63.4 Å². The molecule has 90 heavy (non-hydrogen) atoms. The fourth-order valence-electron chi connectivity index (χ4n) is 13.3. The van der Waals surface area contributed by atoms with Crippen LogP contribution in [0.5, 0.6) is 11.6 Å². The molecule has 5 aliphatic rings. The lowest BCUT2D eigenvalue weighted by Gasteiger charge is -2.35. The Morgan fingerprint density at radius 1 is 0.444 bits per heavy atom. The van der Waals surface area contributed by atoms with E-state index < -0.39 is 57.1 Å². The molecule has 10 aromatic rings. The van der Waals surface area contributed by atoms with Gasteiger partial charge in [-0.2, -0.15) is 4.98 Å². The van der Waals surface area contributed by atoms with Crippen LogP contribution in [0.2, 0.25) is 0 Å². The molecule has 6 aromatic carbocycles. The number of hydrogen-bond donors (Lipinski definition) is 2. The SMILES string of the molecule is Cc1nc(Oc2ccc(-c3c4nc(c(-c5ccccc5)c5ccc([nH]5)c(-c5ccccc5)c5nc(c(-c6ccccc6)c6ccc3[nH]6)C=C5)C=C4)cc2)c2c(n1)[C@@H]([C@H]1CC(=O)N(c3ccc([N+](=O)[O-])cc3)C1=O)[C@@H]1C(=O)N(c3ccc([N+](=O)[O-])cc3)C(=O)[C@@H]1C2. The molecule has 15 rings (SSSR count). The van der Waals surface area contributed by atoms with Gasteiger partial charge in [-0.3, -0.25) is 49.2 Å². The number of nitro benzene ring substituents is 2. The molecule has 2 fully saturated rings. The lowest BCUT2D eigenvalue weighted by Crippen LogP contribution is -2.40.